The number of methoxy groups -OCH3 is 1. The Morgan fingerprint density at radius 3 is 2.55 bits per heavy atom. The number of aliphatic hydroxyl groups excluding tert-OH is 1. The van der Waals surface area contributed by atoms with Crippen molar-refractivity contribution in [3.05, 3.63) is 35.1 Å². The summed E-state index contributed by atoms with van der Waals surface area (Å²) in [7, 11) is 1.17. The Morgan fingerprint density at radius 2 is 2.00 bits per heavy atom. The summed E-state index contributed by atoms with van der Waals surface area (Å²) in [5, 5.41) is 9.98. The van der Waals surface area contributed by atoms with Crippen LogP contribution in [-0.4, -0.2) is 30.5 Å². The molecule has 1 fully saturated rings. The average molecular weight is 318 g/mol. The van der Waals surface area contributed by atoms with Crippen LogP contribution in [0.2, 0.25) is 0 Å². The molecule has 8 heteroatoms. The summed E-state index contributed by atoms with van der Waals surface area (Å²) in [5.41, 5.74) is 5.16. The third kappa shape index (κ3) is 3.08. The maximum absolute atomic E-state index is 14.1. The summed E-state index contributed by atoms with van der Waals surface area (Å²) < 4.78 is 45.3. The van der Waals surface area contributed by atoms with Crippen LogP contribution in [0.1, 0.15) is 24.8 Å². The van der Waals surface area contributed by atoms with E-state index in [9.17, 15) is 23.1 Å². The SMILES string of the molecule is COC(=O)CC(c1ccc(F)c(F)c1F)C1C(C)NNC1O. The number of hydrogen-bond donors (Lipinski definition) is 3. The molecule has 4 atom stereocenters. The summed E-state index contributed by atoms with van der Waals surface area (Å²) in [5.74, 6) is -6.42. The van der Waals surface area contributed by atoms with E-state index in [1.54, 1.807) is 6.92 Å². The standard InChI is InChI=1S/C14H17F3N2O3/c1-6-11(14(21)19-18-6)8(5-10(20)22-2)7-3-4-9(15)13(17)12(7)16/h3-4,6,8,11,14,18-19,21H,5H2,1-2H3. The lowest BCUT2D eigenvalue weighted by Gasteiger charge is -2.28. The molecule has 1 heterocycles. The molecule has 1 aromatic rings. The number of nitrogens with one attached hydrogen (secondary N) is 2. The van der Waals surface area contributed by atoms with Gasteiger partial charge in [0, 0.05) is 17.9 Å². The monoisotopic (exact) mass is 318 g/mol. The van der Waals surface area contributed by atoms with Crippen molar-refractivity contribution in [2.24, 2.45) is 5.92 Å². The van der Waals surface area contributed by atoms with Gasteiger partial charge in [0.25, 0.3) is 0 Å². The number of carbonyl (C=O) groups excluding carboxylic acids is 1. The molecular weight excluding hydrogens is 301 g/mol. The minimum absolute atomic E-state index is 0.175. The van der Waals surface area contributed by atoms with Crippen LogP contribution < -0.4 is 10.9 Å². The second-order valence-corrected chi connectivity index (χ2v) is 5.25. The number of carbonyl (C=O) groups is 1. The molecule has 0 aliphatic carbocycles. The molecule has 1 aliphatic rings. The van der Waals surface area contributed by atoms with E-state index in [0.717, 1.165) is 12.1 Å². The number of hydrazine groups is 1. The number of halogens is 3. The molecule has 22 heavy (non-hydrogen) atoms. The summed E-state index contributed by atoms with van der Waals surface area (Å²) in [6.07, 6.45) is -1.34. The molecule has 5 nitrogen and oxygen atoms in total. The highest BCUT2D eigenvalue weighted by Crippen LogP contribution is 2.36. The fraction of sp³-hybridized carbons (Fsp3) is 0.500. The zero-order valence-electron chi connectivity index (χ0n) is 12.1. The highest BCUT2D eigenvalue weighted by molar-refractivity contribution is 5.70. The van der Waals surface area contributed by atoms with E-state index in [1.165, 1.54) is 7.11 Å². The number of esters is 1. The fourth-order valence-corrected chi connectivity index (χ4v) is 2.79. The van der Waals surface area contributed by atoms with Gasteiger partial charge < -0.3 is 9.84 Å². The van der Waals surface area contributed by atoms with E-state index in [1.807, 2.05) is 0 Å². The quantitative estimate of drug-likeness (QED) is 0.574. The van der Waals surface area contributed by atoms with E-state index in [2.05, 4.69) is 15.6 Å². The van der Waals surface area contributed by atoms with Gasteiger partial charge in [0.15, 0.2) is 17.5 Å². The van der Waals surface area contributed by atoms with Gasteiger partial charge in [0.2, 0.25) is 0 Å². The van der Waals surface area contributed by atoms with Crippen LogP contribution >= 0.6 is 0 Å². The molecule has 3 N–H and O–H groups in total. The number of hydrogen-bond acceptors (Lipinski definition) is 5. The lowest BCUT2D eigenvalue weighted by molar-refractivity contribution is -0.141. The Kier molecular flexibility index (Phi) is 5.05. The van der Waals surface area contributed by atoms with Crippen molar-refractivity contribution in [2.45, 2.75) is 31.5 Å². The van der Waals surface area contributed by atoms with Crippen LogP contribution in [0.25, 0.3) is 0 Å². The van der Waals surface area contributed by atoms with Crippen LogP contribution in [0.3, 0.4) is 0 Å². The smallest absolute Gasteiger partial charge is 0.306 e. The van der Waals surface area contributed by atoms with Crippen molar-refractivity contribution in [1.82, 2.24) is 10.9 Å². The average Bonchev–Trinajstić information content (AvgIpc) is 2.82. The molecule has 4 unspecified atom stereocenters. The van der Waals surface area contributed by atoms with Crippen molar-refractivity contribution in [3.63, 3.8) is 0 Å². The molecular formula is C14H17F3N2O3. The molecule has 0 amide bonds. The first-order valence-electron chi connectivity index (χ1n) is 6.76. The first-order valence-corrected chi connectivity index (χ1v) is 6.76. The minimum Gasteiger partial charge on any atom is -0.469 e. The molecule has 0 bridgehead atoms. The van der Waals surface area contributed by atoms with Crippen molar-refractivity contribution in [2.75, 3.05) is 7.11 Å². The summed E-state index contributed by atoms with van der Waals surface area (Å²) in [6, 6.07) is 1.56. The molecule has 0 saturated carbocycles. The van der Waals surface area contributed by atoms with E-state index in [0.29, 0.717) is 0 Å². The van der Waals surface area contributed by atoms with Crippen molar-refractivity contribution >= 4 is 5.97 Å². The number of rotatable bonds is 4. The molecule has 2 rings (SSSR count). The number of benzene rings is 1. The zero-order chi connectivity index (χ0) is 16.4. The highest BCUT2D eigenvalue weighted by atomic mass is 19.2. The van der Waals surface area contributed by atoms with Crippen molar-refractivity contribution in [1.29, 1.82) is 0 Å². The van der Waals surface area contributed by atoms with Gasteiger partial charge in [0.05, 0.1) is 13.5 Å². The Morgan fingerprint density at radius 1 is 1.32 bits per heavy atom. The van der Waals surface area contributed by atoms with Gasteiger partial charge in [-0.25, -0.2) is 18.6 Å². The van der Waals surface area contributed by atoms with Gasteiger partial charge in [-0.2, -0.15) is 0 Å². The topological polar surface area (TPSA) is 70.6 Å². The fourth-order valence-electron chi connectivity index (χ4n) is 2.79. The van der Waals surface area contributed by atoms with Crippen molar-refractivity contribution in [3.8, 4) is 0 Å². The summed E-state index contributed by atoms with van der Waals surface area (Å²) >= 11 is 0. The van der Waals surface area contributed by atoms with Crippen molar-refractivity contribution < 1.29 is 27.8 Å². The maximum Gasteiger partial charge on any atom is 0.306 e. The van der Waals surface area contributed by atoms with Gasteiger partial charge >= 0.3 is 5.97 Å². The molecule has 0 aromatic heterocycles. The minimum atomic E-state index is -1.60. The molecule has 1 aromatic carbocycles. The predicted molar refractivity (Wildman–Crippen MR) is 70.9 cm³/mol. The van der Waals surface area contributed by atoms with Gasteiger partial charge in [-0.05, 0) is 18.6 Å². The lowest BCUT2D eigenvalue weighted by atomic mass is 9.79. The molecule has 1 aliphatic heterocycles. The highest BCUT2D eigenvalue weighted by Gasteiger charge is 2.41. The van der Waals surface area contributed by atoms with Crippen LogP contribution in [-0.2, 0) is 9.53 Å². The van der Waals surface area contributed by atoms with E-state index >= 15 is 0 Å². The van der Waals surface area contributed by atoms with E-state index < -0.39 is 41.5 Å². The van der Waals surface area contributed by atoms with Crippen LogP contribution in [0.4, 0.5) is 13.2 Å². The maximum atomic E-state index is 14.1. The van der Waals surface area contributed by atoms with Gasteiger partial charge in [0.1, 0.15) is 6.23 Å². The van der Waals surface area contributed by atoms with E-state index in [4.69, 9.17) is 0 Å². The zero-order valence-corrected chi connectivity index (χ0v) is 12.1. The van der Waals surface area contributed by atoms with Crippen LogP contribution in [0.15, 0.2) is 12.1 Å². The number of aliphatic hydroxyl groups is 1. The third-order valence-corrected chi connectivity index (χ3v) is 3.94. The first-order chi connectivity index (χ1) is 10.4. The van der Waals surface area contributed by atoms with E-state index in [-0.39, 0.29) is 18.0 Å². The van der Waals surface area contributed by atoms with Gasteiger partial charge in [-0.1, -0.05) is 6.07 Å². The van der Waals surface area contributed by atoms with Gasteiger partial charge in [-0.15, -0.1) is 0 Å². The lowest BCUT2D eigenvalue weighted by Crippen LogP contribution is -2.34. The largest absolute Gasteiger partial charge is 0.469 e. The van der Waals surface area contributed by atoms with Crippen LogP contribution in [0, 0.1) is 23.4 Å². The predicted octanol–water partition coefficient (Wildman–Crippen LogP) is 1.18. The second-order valence-electron chi connectivity index (χ2n) is 5.25. The Balaban J connectivity index is 2.44. The number of ether oxygens (including phenoxy) is 1. The molecule has 122 valence electrons. The van der Waals surface area contributed by atoms with Gasteiger partial charge in [-0.3, -0.25) is 10.2 Å². The molecule has 1 saturated heterocycles. The molecule has 0 radical (unpaired) electrons. The normalized spacial score (nSPS) is 26.0. The summed E-state index contributed by atoms with van der Waals surface area (Å²) in [6.45, 7) is 1.72. The Labute approximate surface area is 125 Å². The van der Waals surface area contributed by atoms with Crippen LogP contribution in [0.5, 0.6) is 0 Å². The second kappa shape index (κ2) is 6.64. The Hall–Kier alpha value is -1.64. The Bertz CT molecular complexity index is 561. The first kappa shape index (κ1) is 16.7. The molecule has 0 spiro atoms. The summed E-state index contributed by atoms with van der Waals surface area (Å²) in [4.78, 5) is 11.6. The third-order valence-electron chi connectivity index (χ3n) is 3.94.